The van der Waals surface area contributed by atoms with Crippen LogP contribution in [-0.4, -0.2) is 31.1 Å². The van der Waals surface area contributed by atoms with E-state index in [4.69, 9.17) is 17.0 Å². The Hall–Kier alpha value is -1.98. The summed E-state index contributed by atoms with van der Waals surface area (Å²) < 4.78 is 5.03. The number of nitrogens with zero attached hydrogens (tertiary/aromatic N) is 1. The van der Waals surface area contributed by atoms with Crippen molar-refractivity contribution in [1.29, 1.82) is 0 Å². The van der Waals surface area contributed by atoms with E-state index in [0.29, 0.717) is 11.7 Å². The molecule has 0 fully saturated rings. The molecular weight excluding hydrogens is 282 g/mol. The van der Waals surface area contributed by atoms with Crippen LogP contribution in [0.2, 0.25) is 0 Å². The highest BCUT2D eigenvalue weighted by atomic mass is 32.1. The van der Waals surface area contributed by atoms with Crippen molar-refractivity contribution in [1.82, 2.24) is 10.7 Å². The second kappa shape index (κ2) is 7.71. The van der Waals surface area contributed by atoms with Gasteiger partial charge in [0, 0.05) is 13.2 Å². The first-order valence-corrected chi connectivity index (χ1v) is 7.17. The van der Waals surface area contributed by atoms with Crippen molar-refractivity contribution in [2.45, 2.75) is 13.0 Å². The summed E-state index contributed by atoms with van der Waals surface area (Å²) in [6, 6.07) is 14.6. The van der Waals surface area contributed by atoms with Gasteiger partial charge in [-0.05, 0) is 41.5 Å². The molecule has 110 valence electrons. The molecule has 0 aliphatic carbocycles. The van der Waals surface area contributed by atoms with Gasteiger partial charge >= 0.3 is 0 Å². The monoisotopic (exact) mass is 301 g/mol. The zero-order valence-electron chi connectivity index (χ0n) is 12.2. The van der Waals surface area contributed by atoms with E-state index in [-0.39, 0.29) is 6.04 Å². The number of nitrogens with one attached hydrogen (secondary N) is 2. The van der Waals surface area contributed by atoms with Crippen LogP contribution in [0.5, 0.6) is 0 Å². The summed E-state index contributed by atoms with van der Waals surface area (Å²) in [5.41, 5.74) is 3.82. The highest BCUT2D eigenvalue weighted by molar-refractivity contribution is 7.80. The van der Waals surface area contributed by atoms with E-state index in [0.717, 1.165) is 5.56 Å². The second-order valence-corrected chi connectivity index (χ2v) is 5.21. The Bertz CT molecular complexity index is 642. The fourth-order valence-electron chi connectivity index (χ4n) is 2.00. The Labute approximate surface area is 130 Å². The van der Waals surface area contributed by atoms with E-state index in [2.05, 4.69) is 40.1 Å². The number of fused-ring (bicyclic) bond motifs is 1. The minimum atomic E-state index is 0.144. The zero-order chi connectivity index (χ0) is 15.1. The fourth-order valence-corrected chi connectivity index (χ4v) is 2.26. The lowest BCUT2D eigenvalue weighted by atomic mass is 10.1. The summed E-state index contributed by atoms with van der Waals surface area (Å²) in [6.07, 6.45) is 1.75. The van der Waals surface area contributed by atoms with Gasteiger partial charge < -0.3 is 10.1 Å². The Morgan fingerprint density at radius 2 is 2.05 bits per heavy atom. The van der Waals surface area contributed by atoms with Crippen LogP contribution in [0.3, 0.4) is 0 Å². The van der Waals surface area contributed by atoms with Gasteiger partial charge in [-0.25, -0.2) is 0 Å². The van der Waals surface area contributed by atoms with Crippen molar-refractivity contribution >= 4 is 34.3 Å². The SMILES string of the molecule is COC[C@@H](C)NC(=S)N/N=C\c1ccc2ccccc2c1. The van der Waals surface area contributed by atoms with Gasteiger partial charge in [-0.3, -0.25) is 5.43 Å². The average Bonchev–Trinajstić information content (AvgIpc) is 2.47. The molecule has 0 spiro atoms. The standard InChI is InChI=1S/C16H19N3OS/c1-12(11-20-2)18-16(21)19-17-10-13-7-8-14-5-3-4-6-15(14)9-13/h3-10,12H,11H2,1-2H3,(H2,18,19,21)/b17-10-/t12-/m1/s1. The minimum absolute atomic E-state index is 0.144. The Morgan fingerprint density at radius 1 is 1.29 bits per heavy atom. The van der Waals surface area contributed by atoms with E-state index in [1.54, 1.807) is 13.3 Å². The predicted molar refractivity (Wildman–Crippen MR) is 91.7 cm³/mol. The lowest BCUT2D eigenvalue weighted by molar-refractivity contribution is 0.179. The maximum atomic E-state index is 5.15. The zero-order valence-corrected chi connectivity index (χ0v) is 13.0. The van der Waals surface area contributed by atoms with Gasteiger partial charge in [0.25, 0.3) is 0 Å². The van der Waals surface area contributed by atoms with Crippen molar-refractivity contribution < 1.29 is 4.74 Å². The van der Waals surface area contributed by atoms with E-state index >= 15 is 0 Å². The molecule has 2 aromatic carbocycles. The molecule has 2 N–H and O–H groups in total. The molecule has 0 unspecified atom stereocenters. The molecule has 2 aromatic rings. The average molecular weight is 301 g/mol. The van der Waals surface area contributed by atoms with E-state index < -0.39 is 0 Å². The van der Waals surface area contributed by atoms with Gasteiger partial charge in [0.15, 0.2) is 5.11 Å². The number of hydrogen-bond acceptors (Lipinski definition) is 3. The van der Waals surface area contributed by atoms with Crippen LogP contribution < -0.4 is 10.7 Å². The summed E-state index contributed by atoms with van der Waals surface area (Å²) in [5, 5.41) is 10.1. The third-order valence-corrected chi connectivity index (χ3v) is 3.16. The fraction of sp³-hybridized carbons (Fsp3) is 0.250. The number of ether oxygens (including phenoxy) is 1. The molecule has 2 rings (SSSR count). The predicted octanol–water partition coefficient (Wildman–Crippen LogP) is 2.67. The Balaban J connectivity index is 1.92. The highest BCUT2D eigenvalue weighted by Gasteiger charge is 2.01. The van der Waals surface area contributed by atoms with Crippen LogP contribution in [0.15, 0.2) is 47.6 Å². The summed E-state index contributed by atoms with van der Waals surface area (Å²) in [4.78, 5) is 0. The molecule has 0 aliphatic heterocycles. The summed E-state index contributed by atoms with van der Waals surface area (Å²) >= 11 is 5.15. The molecule has 5 heteroatoms. The topological polar surface area (TPSA) is 45.6 Å². The van der Waals surface area contributed by atoms with Gasteiger partial charge in [-0.1, -0.05) is 36.4 Å². The molecule has 0 bridgehead atoms. The molecule has 0 aromatic heterocycles. The molecule has 0 aliphatic rings. The van der Waals surface area contributed by atoms with Gasteiger partial charge in [0.1, 0.15) is 0 Å². The largest absolute Gasteiger partial charge is 0.383 e. The van der Waals surface area contributed by atoms with Gasteiger partial charge in [0.05, 0.1) is 12.8 Å². The summed E-state index contributed by atoms with van der Waals surface area (Å²) in [7, 11) is 1.66. The molecule has 0 heterocycles. The summed E-state index contributed by atoms with van der Waals surface area (Å²) in [6.45, 7) is 2.58. The van der Waals surface area contributed by atoms with Gasteiger partial charge in [-0.15, -0.1) is 0 Å². The lowest BCUT2D eigenvalue weighted by Gasteiger charge is -2.13. The maximum Gasteiger partial charge on any atom is 0.187 e. The maximum absolute atomic E-state index is 5.15. The van der Waals surface area contributed by atoms with Crippen LogP contribution in [-0.2, 0) is 4.74 Å². The van der Waals surface area contributed by atoms with Crippen LogP contribution >= 0.6 is 12.2 Å². The van der Waals surface area contributed by atoms with E-state index in [1.165, 1.54) is 10.8 Å². The van der Waals surface area contributed by atoms with Gasteiger partial charge in [-0.2, -0.15) is 5.10 Å². The number of methoxy groups -OCH3 is 1. The van der Waals surface area contributed by atoms with Crippen molar-refractivity contribution in [3.63, 3.8) is 0 Å². The molecule has 0 saturated heterocycles. The summed E-state index contributed by atoms with van der Waals surface area (Å²) in [5.74, 6) is 0. The van der Waals surface area contributed by atoms with Crippen molar-refractivity contribution in [3.8, 4) is 0 Å². The quantitative estimate of drug-likeness (QED) is 0.506. The molecular formula is C16H19N3OS. The normalized spacial score (nSPS) is 12.5. The lowest BCUT2D eigenvalue weighted by Crippen LogP contribution is -2.40. The third-order valence-electron chi connectivity index (χ3n) is 2.95. The smallest absolute Gasteiger partial charge is 0.187 e. The second-order valence-electron chi connectivity index (χ2n) is 4.81. The van der Waals surface area contributed by atoms with Crippen molar-refractivity contribution in [2.24, 2.45) is 5.10 Å². The molecule has 0 amide bonds. The van der Waals surface area contributed by atoms with Crippen LogP contribution in [0.1, 0.15) is 12.5 Å². The van der Waals surface area contributed by atoms with Gasteiger partial charge in [0.2, 0.25) is 0 Å². The van der Waals surface area contributed by atoms with E-state index in [1.807, 2.05) is 25.1 Å². The Kier molecular flexibility index (Phi) is 5.66. The number of hydrazone groups is 1. The molecule has 21 heavy (non-hydrogen) atoms. The number of rotatable bonds is 5. The first-order valence-electron chi connectivity index (χ1n) is 6.76. The molecule has 0 saturated carbocycles. The number of benzene rings is 2. The first kappa shape index (κ1) is 15.4. The number of hydrogen-bond donors (Lipinski definition) is 2. The third kappa shape index (κ3) is 4.81. The van der Waals surface area contributed by atoms with Crippen LogP contribution in [0.25, 0.3) is 10.8 Å². The molecule has 0 radical (unpaired) electrons. The molecule has 1 atom stereocenters. The number of thiocarbonyl (C=S) groups is 1. The van der Waals surface area contributed by atoms with Crippen LogP contribution in [0.4, 0.5) is 0 Å². The van der Waals surface area contributed by atoms with Crippen molar-refractivity contribution in [3.05, 3.63) is 48.0 Å². The first-order chi connectivity index (χ1) is 10.2. The highest BCUT2D eigenvalue weighted by Crippen LogP contribution is 2.14. The van der Waals surface area contributed by atoms with Crippen LogP contribution in [0, 0.1) is 0 Å². The van der Waals surface area contributed by atoms with E-state index in [9.17, 15) is 0 Å². The Morgan fingerprint density at radius 3 is 2.81 bits per heavy atom. The van der Waals surface area contributed by atoms with Crippen molar-refractivity contribution in [2.75, 3.05) is 13.7 Å². The molecule has 4 nitrogen and oxygen atoms in total. The minimum Gasteiger partial charge on any atom is -0.383 e.